The molecule has 0 spiro atoms. The fraction of sp³-hybridized carbons (Fsp3) is 0.462. The maximum absolute atomic E-state index is 11.4. The Balaban J connectivity index is 2.73. The normalized spacial score (nSPS) is 14.1. The third kappa shape index (κ3) is 4.07. The topological polar surface area (TPSA) is 64.3 Å². The quantitative estimate of drug-likeness (QED) is 0.787. The van der Waals surface area contributed by atoms with E-state index >= 15 is 0 Å². The molecule has 3 N–H and O–H groups in total. The van der Waals surface area contributed by atoms with Crippen LogP contribution in [0.4, 0.5) is 5.69 Å². The molecule has 0 aliphatic rings. The van der Waals surface area contributed by atoms with Gasteiger partial charge in [0.05, 0.1) is 6.61 Å². The molecular formula is C13H20N2O2. The van der Waals surface area contributed by atoms with Crippen LogP contribution in [0, 0.1) is 12.8 Å². The van der Waals surface area contributed by atoms with Crippen LogP contribution in [-0.2, 0) is 9.53 Å². The lowest BCUT2D eigenvalue weighted by Crippen LogP contribution is -2.42. The molecule has 0 saturated carbocycles. The first kappa shape index (κ1) is 13.5. The minimum Gasteiger partial charge on any atom is -0.384 e. The molecule has 0 saturated heterocycles. The third-order valence-corrected chi connectivity index (χ3v) is 2.68. The number of methoxy groups -OCH3 is 1. The molecule has 1 aromatic rings. The second-order valence-corrected chi connectivity index (χ2v) is 4.32. The van der Waals surface area contributed by atoms with Crippen LogP contribution < -0.4 is 11.1 Å². The van der Waals surface area contributed by atoms with Crippen LogP contribution in [0.25, 0.3) is 0 Å². The lowest BCUT2D eigenvalue weighted by molar-refractivity contribution is -0.120. The van der Waals surface area contributed by atoms with Crippen molar-refractivity contribution in [3.63, 3.8) is 0 Å². The van der Waals surface area contributed by atoms with Gasteiger partial charge >= 0.3 is 0 Å². The van der Waals surface area contributed by atoms with Crippen LogP contribution in [0.3, 0.4) is 0 Å². The van der Waals surface area contributed by atoms with E-state index in [1.807, 2.05) is 38.1 Å². The lowest BCUT2D eigenvalue weighted by atomic mass is 10.0. The zero-order valence-corrected chi connectivity index (χ0v) is 10.6. The van der Waals surface area contributed by atoms with Crippen molar-refractivity contribution in [2.45, 2.75) is 19.9 Å². The number of hydrogen-bond donors (Lipinski definition) is 2. The molecule has 17 heavy (non-hydrogen) atoms. The Morgan fingerprint density at radius 1 is 1.41 bits per heavy atom. The highest BCUT2D eigenvalue weighted by Crippen LogP contribution is 2.14. The van der Waals surface area contributed by atoms with E-state index in [4.69, 9.17) is 10.5 Å². The molecule has 0 heterocycles. The van der Waals surface area contributed by atoms with E-state index in [0.717, 1.165) is 5.69 Å². The van der Waals surface area contributed by atoms with Crippen molar-refractivity contribution in [1.29, 1.82) is 0 Å². The van der Waals surface area contributed by atoms with Crippen LogP contribution in [0.2, 0.25) is 0 Å². The fourth-order valence-electron chi connectivity index (χ4n) is 1.68. The molecule has 0 aliphatic carbocycles. The van der Waals surface area contributed by atoms with Crippen LogP contribution in [0.5, 0.6) is 0 Å². The molecule has 1 rings (SSSR count). The summed E-state index contributed by atoms with van der Waals surface area (Å²) in [6.45, 7) is 4.44. The molecule has 1 amide bonds. The van der Waals surface area contributed by atoms with Crippen LogP contribution in [-0.4, -0.2) is 25.7 Å². The first-order chi connectivity index (χ1) is 8.04. The molecule has 4 heteroatoms. The Bertz CT molecular complexity index is 362. The number of amides is 1. The summed E-state index contributed by atoms with van der Waals surface area (Å²) in [5.74, 6) is -0.339. The van der Waals surface area contributed by atoms with Gasteiger partial charge in [0.2, 0.25) is 5.91 Å². The van der Waals surface area contributed by atoms with Crippen LogP contribution >= 0.6 is 0 Å². The summed E-state index contributed by atoms with van der Waals surface area (Å²) in [5.41, 5.74) is 7.46. The van der Waals surface area contributed by atoms with E-state index in [1.54, 1.807) is 7.11 Å². The standard InChI is InChI=1S/C13H20N2O2/c1-9-4-6-11(7-5-9)15-12(13(14)16)10(2)8-17-3/h4-7,10,12,15H,8H2,1-3H3,(H2,14,16). The monoisotopic (exact) mass is 236 g/mol. The van der Waals surface area contributed by atoms with Gasteiger partial charge in [-0.05, 0) is 19.1 Å². The van der Waals surface area contributed by atoms with Gasteiger partial charge < -0.3 is 15.8 Å². The average Bonchev–Trinajstić information content (AvgIpc) is 2.28. The predicted octanol–water partition coefficient (Wildman–Crippen LogP) is 1.54. The van der Waals surface area contributed by atoms with Crippen molar-refractivity contribution in [3.8, 4) is 0 Å². The Kier molecular flexibility index (Phi) is 4.97. The Morgan fingerprint density at radius 3 is 2.47 bits per heavy atom. The number of ether oxygens (including phenoxy) is 1. The average molecular weight is 236 g/mol. The molecule has 0 fully saturated rings. The summed E-state index contributed by atoms with van der Waals surface area (Å²) in [4.78, 5) is 11.4. The van der Waals surface area contributed by atoms with Gasteiger partial charge in [-0.2, -0.15) is 0 Å². The Morgan fingerprint density at radius 2 is 2.00 bits per heavy atom. The van der Waals surface area contributed by atoms with Crippen molar-refractivity contribution in [2.75, 3.05) is 19.0 Å². The summed E-state index contributed by atoms with van der Waals surface area (Å²) in [6.07, 6.45) is 0. The highest BCUT2D eigenvalue weighted by atomic mass is 16.5. The third-order valence-electron chi connectivity index (χ3n) is 2.68. The van der Waals surface area contributed by atoms with E-state index in [1.165, 1.54) is 5.56 Å². The smallest absolute Gasteiger partial charge is 0.240 e. The molecule has 2 unspecified atom stereocenters. The second-order valence-electron chi connectivity index (χ2n) is 4.32. The van der Waals surface area contributed by atoms with E-state index < -0.39 is 6.04 Å². The van der Waals surface area contributed by atoms with E-state index in [-0.39, 0.29) is 11.8 Å². The lowest BCUT2D eigenvalue weighted by Gasteiger charge is -2.22. The maximum atomic E-state index is 11.4. The highest BCUT2D eigenvalue weighted by Gasteiger charge is 2.22. The van der Waals surface area contributed by atoms with Crippen LogP contribution in [0.15, 0.2) is 24.3 Å². The van der Waals surface area contributed by atoms with Crippen molar-refractivity contribution in [2.24, 2.45) is 11.7 Å². The number of carbonyl (C=O) groups excluding carboxylic acids is 1. The number of rotatable bonds is 6. The number of anilines is 1. The first-order valence-electron chi connectivity index (χ1n) is 5.66. The number of benzene rings is 1. The van der Waals surface area contributed by atoms with E-state index in [0.29, 0.717) is 6.61 Å². The van der Waals surface area contributed by atoms with Gasteiger partial charge in [0.15, 0.2) is 0 Å². The zero-order chi connectivity index (χ0) is 12.8. The molecular weight excluding hydrogens is 216 g/mol. The van der Waals surface area contributed by atoms with Crippen molar-refractivity contribution in [3.05, 3.63) is 29.8 Å². The van der Waals surface area contributed by atoms with Gasteiger partial charge in [-0.15, -0.1) is 0 Å². The molecule has 94 valence electrons. The van der Waals surface area contributed by atoms with Crippen molar-refractivity contribution in [1.82, 2.24) is 0 Å². The van der Waals surface area contributed by atoms with Crippen molar-refractivity contribution >= 4 is 11.6 Å². The van der Waals surface area contributed by atoms with Gasteiger partial charge in [0.1, 0.15) is 6.04 Å². The molecule has 0 radical (unpaired) electrons. The molecule has 2 atom stereocenters. The number of nitrogens with one attached hydrogen (secondary N) is 1. The van der Waals surface area contributed by atoms with Crippen LogP contribution in [0.1, 0.15) is 12.5 Å². The molecule has 4 nitrogen and oxygen atoms in total. The SMILES string of the molecule is COCC(C)C(Nc1ccc(C)cc1)C(N)=O. The number of carbonyl (C=O) groups is 1. The number of nitrogens with two attached hydrogens (primary N) is 1. The molecule has 0 aromatic heterocycles. The fourth-order valence-corrected chi connectivity index (χ4v) is 1.68. The maximum Gasteiger partial charge on any atom is 0.240 e. The van der Waals surface area contributed by atoms with Gasteiger partial charge in [-0.25, -0.2) is 0 Å². The minimum absolute atomic E-state index is 0.0267. The Labute approximate surface area is 102 Å². The van der Waals surface area contributed by atoms with Gasteiger partial charge in [0, 0.05) is 18.7 Å². The van der Waals surface area contributed by atoms with E-state index in [9.17, 15) is 4.79 Å². The zero-order valence-electron chi connectivity index (χ0n) is 10.6. The second kappa shape index (κ2) is 6.25. The number of aryl methyl sites for hydroxylation is 1. The predicted molar refractivity (Wildman–Crippen MR) is 68.8 cm³/mol. The van der Waals surface area contributed by atoms with Crippen molar-refractivity contribution < 1.29 is 9.53 Å². The summed E-state index contributed by atoms with van der Waals surface area (Å²) in [5, 5.41) is 3.14. The summed E-state index contributed by atoms with van der Waals surface area (Å²) >= 11 is 0. The Hall–Kier alpha value is -1.55. The molecule has 0 aliphatic heterocycles. The summed E-state index contributed by atoms with van der Waals surface area (Å²) in [7, 11) is 1.61. The number of primary amides is 1. The summed E-state index contributed by atoms with van der Waals surface area (Å²) in [6, 6.07) is 7.43. The minimum atomic E-state index is -0.419. The molecule has 0 bridgehead atoms. The van der Waals surface area contributed by atoms with E-state index in [2.05, 4.69) is 5.32 Å². The number of hydrogen-bond acceptors (Lipinski definition) is 3. The highest BCUT2D eigenvalue weighted by molar-refractivity contribution is 5.83. The molecule has 1 aromatic carbocycles. The largest absolute Gasteiger partial charge is 0.384 e. The first-order valence-corrected chi connectivity index (χ1v) is 5.66. The summed E-state index contributed by atoms with van der Waals surface area (Å²) < 4.78 is 5.04. The van der Waals surface area contributed by atoms with Gasteiger partial charge in [-0.1, -0.05) is 24.6 Å². The van der Waals surface area contributed by atoms with Gasteiger partial charge in [-0.3, -0.25) is 4.79 Å². The van der Waals surface area contributed by atoms with Gasteiger partial charge in [0.25, 0.3) is 0 Å².